The summed E-state index contributed by atoms with van der Waals surface area (Å²) in [6.07, 6.45) is 0.508. The molecule has 0 heterocycles. The van der Waals surface area contributed by atoms with Gasteiger partial charge in [-0.15, -0.1) is 0 Å². The molecule has 0 aliphatic heterocycles. The van der Waals surface area contributed by atoms with Crippen molar-refractivity contribution in [1.82, 2.24) is 16.0 Å². The lowest BCUT2D eigenvalue weighted by atomic mass is 9.92. The molecular formula is C36H48N4O6S. The summed E-state index contributed by atoms with van der Waals surface area (Å²) in [5, 5.41) is 20.1. The highest BCUT2D eigenvalue weighted by atomic mass is 32.2. The Morgan fingerprint density at radius 1 is 0.723 bits per heavy atom. The van der Waals surface area contributed by atoms with Gasteiger partial charge in [-0.2, -0.15) is 0 Å². The van der Waals surface area contributed by atoms with Crippen LogP contribution in [0.4, 0.5) is 5.69 Å². The molecule has 3 amide bonds. The van der Waals surface area contributed by atoms with Crippen molar-refractivity contribution >= 4 is 33.4 Å². The average molecular weight is 665 g/mol. The van der Waals surface area contributed by atoms with Gasteiger partial charge < -0.3 is 21.1 Å². The van der Waals surface area contributed by atoms with Crippen molar-refractivity contribution in [2.75, 3.05) is 17.6 Å². The molecule has 0 saturated carbocycles. The third-order valence-electron chi connectivity index (χ3n) is 8.16. The summed E-state index contributed by atoms with van der Waals surface area (Å²) in [6.45, 7) is 9.37. The van der Waals surface area contributed by atoms with Crippen LogP contribution in [0, 0.1) is 11.8 Å². The summed E-state index contributed by atoms with van der Waals surface area (Å²) >= 11 is 0. The predicted octanol–water partition coefficient (Wildman–Crippen LogP) is 4.98. The van der Waals surface area contributed by atoms with Crippen molar-refractivity contribution in [3.63, 3.8) is 0 Å². The first-order valence-electron chi connectivity index (χ1n) is 15.9. The maximum absolute atomic E-state index is 13.7. The monoisotopic (exact) mass is 664 g/mol. The van der Waals surface area contributed by atoms with E-state index in [1.54, 1.807) is 6.92 Å². The second-order valence-electron chi connectivity index (χ2n) is 12.7. The number of aliphatic hydroxyl groups excluding tert-OH is 1. The molecule has 5 unspecified atom stereocenters. The number of anilines is 1. The van der Waals surface area contributed by atoms with E-state index in [-0.39, 0.29) is 47.1 Å². The van der Waals surface area contributed by atoms with Crippen LogP contribution < -0.4 is 20.3 Å². The molecule has 4 N–H and O–H groups in total. The maximum Gasteiger partial charge on any atom is 0.251 e. The van der Waals surface area contributed by atoms with E-state index in [1.807, 2.05) is 88.4 Å². The fourth-order valence-electron chi connectivity index (χ4n) is 5.24. The largest absolute Gasteiger partial charge is 0.391 e. The van der Waals surface area contributed by atoms with Gasteiger partial charge in [0, 0.05) is 24.1 Å². The van der Waals surface area contributed by atoms with Crippen LogP contribution in [-0.4, -0.2) is 56.7 Å². The highest BCUT2D eigenvalue weighted by Crippen LogP contribution is 2.23. The van der Waals surface area contributed by atoms with Crippen LogP contribution in [0.2, 0.25) is 0 Å². The Balaban J connectivity index is 1.82. The van der Waals surface area contributed by atoms with Crippen molar-refractivity contribution < 1.29 is 27.9 Å². The quantitative estimate of drug-likeness (QED) is 0.180. The van der Waals surface area contributed by atoms with Gasteiger partial charge in [-0.3, -0.25) is 18.7 Å². The number of amides is 3. The SMILES string of the molecule is CC(C)CC(NC(=O)c1cc(C(=O)NC(C)c2ccccc2)cc(N(C)S(C)(=O)=O)c1)C(O)CC(C)C(=O)NC(C)c1ccccc1. The van der Waals surface area contributed by atoms with E-state index in [2.05, 4.69) is 16.0 Å². The van der Waals surface area contributed by atoms with Crippen LogP contribution in [0.5, 0.6) is 0 Å². The first kappa shape index (κ1) is 37.2. The Morgan fingerprint density at radius 2 is 1.19 bits per heavy atom. The molecule has 0 aromatic heterocycles. The predicted molar refractivity (Wildman–Crippen MR) is 186 cm³/mol. The summed E-state index contributed by atoms with van der Waals surface area (Å²) in [5.41, 5.74) is 2.14. The lowest BCUT2D eigenvalue weighted by Gasteiger charge is -2.28. The zero-order chi connectivity index (χ0) is 34.9. The Bertz CT molecular complexity index is 1610. The molecule has 5 atom stereocenters. The molecule has 0 fully saturated rings. The molecule has 11 heteroatoms. The van der Waals surface area contributed by atoms with Crippen LogP contribution in [0.15, 0.2) is 78.9 Å². The number of hydrogen-bond acceptors (Lipinski definition) is 6. The Labute approximate surface area is 279 Å². The standard InChI is InChI=1S/C36H48N4O6S/c1-23(2)18-32(33(41)19-24(3)34(42)37-25(4)27-14-10-8-11-15-27)39-36(44)30-20-29(21-31(22-30)40(6)47(7,45)46)35(43)38-26(5)28-16-12-9-13-17-28/h8-17,20-26,32-33,41H,18-19H2,1-7H3,(H,37,42)(H,38,43)(H,39,44). The third-order valence-corrected chi connectivity index (χ3v) is 9.36. The number of rotatable bonds is 15. The summed E-state index contributed by atoms with van der Waals surface area (Å²) < 4.78 is 25.8. The number of nitrogens with zero attached hydrogens (tertiary/aromatic N) is 1. The lowest BCUT2D eigenvalue weighted by molar-refractivity contribution is -0.126. The summed E-state index contributed by atoms with van der Waals surface area (Å²) in [7, 11) is -2.37. The van der Waals surface area contributed by atoms with Gasteiger partial charge >= 0.3 is 0 Å². The lowest BCUT2D eigenvalue weighted by Crippen LogP contribution is -2.46. The molecule has 3 rings (SSSR count). The van der Waals surface area contributed by atoms with Crippen molar-refractivity contribution in [3.8, 4) is 0 Å². The Hall–Kier alpha value is -4.22. The highest BCUT2D eigenvalue weighted by molar-refractivity contribution is 7.92. The van der Waals surface area contributed by atoms with E-state index in [4.69, 9.17) is 0 Å². The second-order valence-corrected chi connectivity index (χ2v) is 14.7. The molecular weight excluding hydrogens is 616 g/mol. The van der Waals surface area contributed by atoms with E-state index < -0.39 is 39.9 Å². The number of benzene rings is 3. The Kier molecular flexibility index (Phi) is 13.1. The second kappa shape index (κ2) is 16.6. The number of carbonyl (C=O) groups excluding carboxylic acids is 3. The first-order chi connectivity index (χ1) is 22.1. The zero-order valence-corrected chi connectivity index (χ0v) is 29.0. The van der Waals surface area contributed by atoms with Crippen LogP contribution >= 0.6 is 0 Å². The van der Waals surface area contributed by atoms with E-state index in [9.17, 15) is 27.9 Å². The van der Waals surface area contributed by atoms with Crippen LogP contribution in [0.25, 0.3) is 0 Å². The molecule has 3 aromatic rings. The number of carbonyl (C=O) groups is 3. The van der Waals surface area contributed by atoms with Crippen molar-refractivity contribution in [1.29, 1.82) is 0 Å². The highest BCUT2D eigenvalue weighted by Gasteiger charge is 2.28. The minimum atomic E-state index is -3.72. The molecule has 0 bridgehead atoms. The van der Waals surface area contributed by atoms with Gasteiger partial charge in [0.25, 0.3) is 11.8 Å². The summed E-state index contributed by atoms with van der Waals surface area (Å²) in [6, 6.07) is 21.9. The van der Waals surface area contributed by atoms with Gasteiger partial charge in [0.2, 0.25) is 15.9 Å². The Morgan fingerprint density at radius 3 is 1.66 bits per heavy atom. The minimum Gasteiger partial charge on any atom is -0.391 e. The van der Waals surface area contributed by atoms with Gasteiger partial charge in [0.05, 0.1) is 36.2 Å². The number of nitrogens with one attached hydrogen (secondary N) is 3. The molecule has 0 aliphatic carbocycles. The number of hydrogen-bond donors (Lipinski definition) is 4. The van der Waals surface area contributed by atoms with Gasteiger partial charge in [0.1, 0.15) is 0 Å². The van der Waals surface area contributed by atoms with E-state index in [1.165, 1.54) is 25.2 Å². The minimum absolute atomic E-state index is 0.0546. The van der Waals surface area contributed by atoms with Gasteiger partial charge in [-0.05, 0) is 61.9 Å². The van der Waals surface area contributed by atoms with Crippen molar-refractivity contribution in [2.24, 2.45) is 11.8 Å². The molecule has 47 heavy (non-hydrogen) atoms. The molecule has 0 aliphatic rings. The average Bonchev–Trinajstić information content (AvgIpc) is 3.03. The van der Waals surface area contributed by atoms with Crippen molar-refractivity contribution in [3.05, 3.63) is 101 Å². The molecule has 0 spiro atoms. The van der Waals surface area contributed by atoms with Crippen LogP contribution in [-0.2, 0) is 14.8 Å². The van der Waals surface area contributed by atoms with E-state index in [0.29, 0.717) is 6.42 Å². The van der Waals surface area contributed by atoms with E-state index in [0.717, 1.165) is 21.7 Å². The number of aliphatic hydroxyl groups is 1. The van der Waals surface area contributed by atoms with Crippen LogP contribution in [0.1, 0.15) is 91.4 Å². The van der Waals surface area contributed by atoms with Gasteiger partial charge in [0.15, 0.2) is 0 Å². The topological polar surface area (TPSA) is 145 Å². The maximum atomic E-state index is 13.7. The summed E-state index contributed by atoms with van der Waals surface area (Å²) in [4.78, 5) is 40.1. The smallest absolute Gasteiger partial charge is 0.251 e. The van der Waals surface area contributed by atoms with Gasteiger partial charge in [-0.25, -0.2) is 8.42 Å². The molecule has 0 radical (unpaired) electrons. The fraction of sp³-hybridized carbons (Fsp3) is 0.417. The molecule has 10 nitrogen and oxygen atoms in total. The fourth-order valence-corrected chi connectivity index (χ4v) is 5.73. The molecule has 3 aromatic carbocycles. The third kappa shape index (κ3) is 10.9. The molecule has 254 valence electrons. The first-order valence-corrected chi connectivity index (χ1v) is 17.7. The van der Waals surface area contributed by atoms with Crippen molar-refractivity contribution in [2.45, 2.75) is 71.7 Å². The zero-order valence-electron chi connectivity index (χ0n) is 28.2. The van der Waals surface area contributed by atoms with Gasteiger partial charge in [-0.1, -0.05) is 81.4 Å². The van der Waals surface area contributed by atoms with E-state index >= 15 is 0 Å². The summed E-state index contributed by atoms with van der Waals surface area (Å²) in [5.74, 6) is -1.73. The van der Waals surface area contributed by atoms with Crippen LogP contribution in [0.3, 0.4) is 0 Å². The normalized spacial score (nSPS) is 14.7. The molecule has 0 saturated heterocycles. The number of sulfonamides is 1.